The minimum Gasteiger partial charge on any atom is -0.379 e. The van der Waals surface area contributed by atoms with Gasteiger partial charge < -0.3 is 14.2 Å². The van der Waals surface area contributed by atoms with Gasteiger partial charge in [0, 0.05) is 13.2 Å². The fraction of sp³-hybridized carbons (Fsp3) is 0.727. The quantitative estimate of drug-likeness (QED) is 0.0973. The number of rotatable bonds is 25. The number of nitrogens with zero attached hydrogens (tertiary/aromatic N) is 2. The fourth-order valence-corrected chi connectivity index (χ4v) is 4.93. The molecule has 0 aliphatic carbocycles. The molecule has 0 N–H and O–H groups in total. The Bertz CT molecular complexity index is 807. The highest BCUT2D eigenvalue weighted by molar-refractivity contribution is 5.23. The van der Waals surface area contributed by atoms with Gasteiger partial charge in [-0.2, -0.15) is 0 Å². The Hall–Kier alpha value is -1.69. The molecule has 2 aromatic rings. The summed E-state index contributed by atoms with van der Waals surface area (Å²) in [5, 5.41) is 0. The van der Waals surface area contributed by atoms with Crippen LogP contribution in [-0.2, 0) is 34.4 Å². The number of hydrogen-bond donors (Lipinski definition) is 0. The van der Waals surface area contributed by atoms with Gasteiger partial charge in [0.2, 0.25) is 6.33 Å². The van der Waals surface area contributed by atoms with Gasteiger partial charge in [-0.15, -0.1) is 0 Å². The topological polar surface area (TPSA) is 36.5 Å². The second-order valence-electron chi connectivity index (χ2n) is 10.8. The van der Waals surface area contributed by atoms with Crippen molar-refractivity contribution in [1.29, 1.82) is 0 Å². The van der Waals surface area contributed by atoms with Crippen molar-refractivity contribution in [3.8, 4) is 0 Å². The maximum absolute atomic E-state index is 6.01. The zero-order chi connectivity index (χ0) is 27.1. The van der Waals surface area contributed by atoms with Crippen LogP contribution in [0.15, 0.2) is 43.0 Å². The van der Waals surface area contributed by atoms with Gasteiger partial charge in [-0.25, -0.2) is 9.13 Å². The van der Waals surface area contributed by atoms with Crippen LogP contribution in [0.4, 0.5) is 0 Å². The lowest BCUT2D eigenvalue weighted by molar-refractivity contribution is -0.671. The van der Waals surface area contributed by atoms with Crippen LogP contribution in [0.5, 0.6) is 0 Å². The van der Waals surface area contributed by atoms with Gasteiger partial charge in [-0.3, -0.25) is 0 Å². The minimum atomic E-state index is -0.00491. The molecule has 1 atom stereocenters. The maximum Gasteiger partial charge on any atom is 0.243 e. The van der Waals surface area contributed by atoms with Crippen LogP contribution in [-0.4, -0.2) is 37.1 Å². The van der Waals surface area contributed by atoms with Gasteiger partial charge in [0.15, 0.2) is 0 Å². The lowest BCUT2D eigenvalue weighted by Gasteiger charge is -2.17. The molecule has 1 aromatic carbocycles. The van der Waals surface area contributed by atoms with Gasteiger partial charge in [0.05, 0.1) is 26.9 Å². The van der Waals surface area contributed by atoms with E-state index >= 15 is 0 Å². The molecule has 0 saturated carbocycles. The van der Waals surface area contributed by atoms with E-state index in [2.05, 4.69) is 59.0 Å². The predicted octanol–water partition coefficient (Wildman–Crippen LogP) is 7.78. The van der Waals surface area contributed by atoms with Gasteiger partial charge in [-0.05, 0) is 30.5 Å². The van der Waals surface area contributed by atoms with Crippen molar-refractivity contribution in [1.82, 2.24) is 4.57 Å². The third-order valence-corrected chi connectivity index (χ3v) is 7.10. The number of benzene rings is 1. The highest BCUT2D eigenvalue weighted by Crippen LogP contribution is 2.13. The number of ether oxygens (including phenoxy) is 3. The SMILES string of the molecule is CCCCCCCCCCCCCCCCOCC(COCc1cccc(Cn2cc[n+](C)c2)c1)OCC. The van der Waals surface area contributed by atoms with Crippen LogP contribution in [0.1, 0.15) is 115 Å². The van der Waals surface area contributed by atoms with E-state index in [4.69, 9.17) is 14.2 Å². The molecule has 5 nitrogen and oxygen atoms in total. The highest BCUT2D eigenvalue weighted by Gasteiger charge is 2.10. The van der Waals surface area contributed by atoms with E-state index in [-0.39, 0.29) is 6.10 Å². The largest absolute Gasteiger partial charge is 0.379 e. The average molecular weight is 530 g/mol. The fourth-order valence-electron chi connectivity index (χ4n) is 4.93. The molecule has 0 fully saturated rings. The standard InChI is InChI=1S/C33H57N2O3/c1-4-6-7-8-9-10-11-12-13-14-15-16-17-18-24-36-28-33(38-5-2)29-37-27-32-21-19-20-31(25-32)26-35-23-22-34(3)30-35/h19-23,25,30,33H,4-18,24,26-29H2,1-3H3/q+1. The summed E-state index contributed by atoms with van der Waals surface area (Å²) in [5.41, 5.74) is 2.47. The molecule has 2 rings (SSSR count). The summed E-state index contributed by atoms with van der Waals surface area (Å²) in [6.45, 7) is 8.45. The van der Waals surface area contributed by atoms with E-state index in [1.54, 1.807) is 0 Å². The summed E-state index contributed by atoms with van der Waals surface area (Å²) < 4.78 is 22.0. The molecule has 1 aromatic heterocycles. The van der Waals surface area contributed by atoms with E-state index in [1.807, 2.05) is 14.0 Å². The summed E-state index contributed by atoms with van der Waals surface area (Å²) in [6, 6.07) is 8.62. The van der Waals surface area contributed by atoms with Gasteiger partial charge in [-0.1, -0.05) is 109 Å². The van der Waals surface area contributed by atoms with Gasteiger partial charge >= 0.3 is 0 Å². The Balaban J connectivity index is 1.45. The molecule has 216 valence electrons. The summed E-state index contributed by atoms with van der Waals surface area (Å²) in [7, 11) is 2.04. The predicted molar refractivity (Wildman–Crippen MR) is 157 cm³/mol. The van der Waals surface area contributed by atoms with Crippen LogP contribution in [0, 0.1) is 0 Å². The zero-order valence-corrected chi connectivity index (χ0v) is 24.9. The van der Waals surface area contributed by atoms with Crippen molar-refractivity contribution in [3.05, 3.63) is 54.1 Å². The number of hydrogen-bond acceptors (Lipinski definition) is 3. The van der Waals surface area contributed by atoms with Crippen LogP contribution >= 0.6 is 0 Å². The number of aryl methyl sites for hydroxylation is 1. The molecule has 5 heteroatoms. The Morgan fingerprint density at radius 1 is 0.763 bits per heavy atom. The number of unbranched alkanes of at least 4 members (excludes halogenated alkanes) is 13. The molecule has 0 amide bonds. The molecule has 0 saturated heterocycles. The first kappa shape index (κ1) is 32.5. The van der Waals surface area contributed by atoms with Crippen molar-refractivity contribution in [2.75, 3.05) is 26.4 Å². The van der Waals surface area contributed by atoms with Crippen molar-refractivity contribution < 1.29 is 18.8 Å². The summed E-state index contributed by atoms with van der Waals surface area (Å²) in [5.74, 6) is 0. The van der Waals surface area contributed by atoms with Gasteiger partial charge in [0.25, 0.3) is 0 Å². The van der Waals surface area contributed by atoms with E-state index in [0.717, 1.165) is 19.6 Å². The third-order valence-electron chi connectivity index (χ3n) is 7.10. The minimum absolute atomic E-state index is 0.00491. The number of aromatic nitrogens is 2. The van der Waals surface area contributed by atoms with Crippen LogP contribution in [0.2, 0.25) is 0 Å². The first-order valence-corrected chi connectivity index (χ1v) is 15.6. The Morgan fingerprint density at radius 3 is 1.97 bits per heavy atom. The Morgan fingerprint density at radius 2 is 1.37 bits per heavy atom. The maximum atomic E-state index is 6.01. The van der Waals surface area contributed by atoms with E-state index in [0.29, 0.717) is 26.4 Å². The van der Waals surface area contributed by atoms with Crippen molar-refractivity contribution in [2.45, 2.75) is 123 Å². The first-order valence-electron chi connectivity index (χ1n) is 15.6. The molecule has 0 spiro atoms. The second-order valence-corrected chi connectivity index (χ2v) is 10.8. The molecule has 0 aliphatic heterocycles. The normalized spacial score (nSPS) is 12.3. The van der Waals surface area contributed by atoms with Crippen molar-refractivity contribution in [2.24, 2.45) is 7.05 Å². The molecular weight excluding hydrogens is 472 g/mol. The molecule has 0 bridgehead atoms. The van der Waals surface area contributed by atoms with E-state index < -0.39 is 0 Å². The van der Waals surface area contributed by atoms with Crippen LogP contribution in [0.3, 0.4) is 0 Å². The lowest BCUT2D eigenvalue weighted by Crippen LogP contribution is -2.26. The summed E-state index contributed by atoms with van der Waals surface area (Å²) >= 11 is 0. The summed E-state index contributed by atoms with van der Waals surface area (Å²) in [4.78, 5) is 0. The van der Waals surface area contributed by atoms with Crippen LogP contribution < -0.4 is 4.57 Å². The molecule has 38 heavy (non-hydrogen) atoms. The Kier molecular flexibility index (Phi) is 19.0. The summed E-state index contributed by atoms with van der Waals surface area (Å²) in [6.07, 6.45) is 25.5. The zero-order valence-electron chi connectivity index (χ0n) is 24.9. The Labute approximate surface area is 233 Å². The van der Waals surface area contributed by atoms with Gasteiger partial charge in [0.1, 0.15) is 25.0 Å². The first-order chi connectivity index (χ1) is 18.7. The highest BCUT2D eigenvalue weighted by atomic mass is 16.6. The molecule has 0 aliphatic rings. The lowest BCUT2D eigenvalue weighted by atomic mass is 10.0. The molecule has 1 heterocycles. The van der Waals surface area contributed by atoms with Crippen LogP contribution in [0.25, 0.3) is 0 Å². The number of imidazole rings is 1. The smallest absolute Gasteiger partial charge is 0.243 e. The van der Waals surface area contributed by atoms with Crippen molar-refractivity contribution in [3.63, 3.8) is 0 Å². The average Bonchev–Trinajstić information content (AvgIpc) is 3.32. The molecule has 0 radical (unpaired) electrons. The van der Waals surface area contributed by atoms with E-state index in [9.17, 15) is 0 Å². The van der Waals surface area contributed by atoms with Crippen molar-refractivity contribution >= 4 is 0 Å². The monoisotopic (exact) mass is 529 g/mol. The third kappa shape index (κ3) is 16.3. The second kappa shape index (κ2) is 22.2. The molecular formula is C33H57N2O3+. The molecule has 1 unspecified atom stereocenters. The van der Waals surface area contributed by atoms with E-state index in [1.165, 1.54) is 94.6 Å².